The first-order valence-electron chi connectivity index (χ1n) is 5.62. The Bertz CT molecular complexity index is 575. The van der Waals surface area contributed by atoms with Crippen LogP contribution in [0.4, 0.5) is 0 Å². The number of nitrogens with zero attached hydrogens (tertiary/aromatic N) is 2. The van der Waals surface area contributed by atoms with Crippen molar-refractivity contribution in [1.82, 2.24) is 15.1 Å². The van der Waals surface area contributed by atoms with Gasteiger partial charge in [-0.05, 0) is 24.6 Å². The number of amides is 1. The predicted octanol–water partition coefficient (Wildman–Crippen LogP) is 1.36. The number of nitrogens with one attached hydrogen (secondary N) is 1. The van der Waals surface area contributed by atoms with Crippen LogP contribution in [0, 0.1) is 6.92 Å². The van der Waals surface area contributed by atoms with E-state index < -0.39 is 0 Å². The highest BCUT2D eigenvalue weighted by atomic mass is 16.3. The minimum Gasteiger partial charge on any atom is -0.508 e. The first kappa shape index (κ1) is 12.2. The van der Waals surface area contributed by atoms with E-state index in [-0.39, 0.29) is 11.7 Å². The van der Waals surface area contributed by atoms with Crippen molar-refractivity contribution in [1.29, 1.82) is 0 Å². The van der Waals surface area contributed by atoms with Gasteiger partial charge in [-0.15, -0.1) is 0 Å². The summed E-state index contributed by atoms with van der Waals surface area (Å²) in [5, 5.41) is 16.1. The number of phenolic OH excluding ortho intramolecular Hbond substituents is 1. The summed E-state index contributed by atoms with van der Waals surface area (Å²) in [6.07, 6.45) is 1.55. The summed E-state index contributed by atoms with van der Waals surface area (Å²) in [6.45, 7) is 2.22. The van der Waals surface area contributed by atoms with E-state index in [1.54, 1.807) is 36.1 Å². The van der Waals surface area contributed by atoms with E-state index in [1.807, 2.05) is 13.0 Å². The van der Waals surface area contributed by atoms with Gasteiger partial charge in [0.2, 0.25) is 0 Å². The molecule has 2 rings (SSSR count). The average Bonchev–Trinajstić information content (AvgIpc) is 2.67. The minimum atomic E-state index is -0.163. The quantitative estimate of drug-likeness (QED) is 0.858. The van der Waals surface area contributed by atoms with Gasteiger partial charge in [-0.2, -0.15) is 5.10 Å². The zero-order chi connectivity index (χ0) is 13.1. The summed E-state index contributed by atoms with van der Waals surface area (Å²) in [4.78, 5) is 11.9. The molecule has 0 aliphatic heterocycles. The van der Waals surface area contributed by atoms with E-state index in [0.29, 0.717) is 12.1 Å². The molecule has 1 aromatic heterocycles. The van der Waals surface area contributed by atoms with Crippen molar-refractivity contribution in [3.8, 4) is 5.75 Å². The highest BCUT2D eigenvalue weighted by molar-refractivity contribution is 5.94. The van der Waals surface area contributed by atoms with Crippen LogP contribution in [0.3, 0.4) is 0 Å². The summed E-state index contributed by atoms with van der Waals surface area (Å²) in [5.41, 5.74) is 2.24. The standard InChI is InChI=1S/C13H15N3O2/c1-9-12(8-15-16(9)2)13(18)14-7-10-4-3-5-11(17)6-10/h3-6,8,17H,7H2,1-2H3,(H,14,18). The lowest BCUT2D eigenvalue weighted by atomic mass is 10.2. The molecule has 0 spiro atoms. The number of aryl methyl sites for hydroxylation is 1. The summed E-state index contributed by atoms with van der Waals surface area (Å²) >= 11 is 0. The lowest BCUT2D eigenvalue weighted by molar-refractivity contribution is 0.0950. The van der Waals surface area contributed by atoms with Gasteiger partial charge < -0.3 is 10.4 Å². The molecule has 0 saturated heterocycles. The molecular formula is C13H15N3O2. The Morgan fingerprint density at radius 1 is 1.50 bits per heavy atom. The third-order valence-corrected chi connectivity index (χ3v) is 2.84. The monoisotopic (exact) mass is 245 g/mol. The number of benzene rings is 1. The van der Waals surface area contributed by atoms with Crippen LogP contribution in [0.1, 0.15) is 21.6 Å². The molecule has 94 valence electrons. The predicted molar refractivity (Wildman–Crippen MR) is 67.2 cm³/mol. The van der Waals surface area contributed by atoms with Gasteiger partial charge in [0.25, 0.3) is 5.91 Å². The molecule has 1 heterocycles. The van der Waals surface area contributed by atoms with Crippen LogP contribution in [-0.4, -0.2) is 20.8 Å². The third-order valence-electron chi connectivity index (χ3n) is 2.84. The Balaban J connectivity index is 2.03. The number of aromatic nitrogens is 2. The van der Waals surface area contributed by atoms with Gasteiger partial charge in [0.1, 0.15) is 5.75 Å². The summed E-state index contributed by atoms with van der Waals surface area (Å²) < 4.78 is 1.66. The van der Waals surface area contributed by atoms with Crippen molar-refractivity contribution < 1.29 is 9.90 Å². The first-order chi connectivity index (χ1) is 8.58. The average molecular weight is 245 g/mol. The maximum atomic E-state index is 11.9. The van der Waals surface area contributed by atoms with Gasteiger partial charge in [0.05, 0.1) is 11.8 Å². The van der Waals surface area contributed by atoms with E-state index in [1.165, 1.54) is 0 Å². The van der Waals surface area contributed by atoms with Crippen LogP contribution in [0.5, 0.6) is 5.75 Å². The molecule has 0 fully saturated rings. The minimum absolute atomic E-state index is 0.163. The van der Waals surface area contributed by atoms with Gasteiger partial charge >= 0.3 is 0 Å². The maximum Gasteiger partial charge on any atom is 0.255 e. The topological polar surface area (TPSA) is 67.2 Å². The number of hydrogen-bond acceptors (Lipinski definition) is 3. The number of hydrogen-bond donors (Lipinski definition) is 2. The van der Waals surface area contributed by atoms with E-state index in [4.69, 9.17) is 0 Å². The zero-order valence-electron chi connectivity index (χ0n) is 10.3. The zero-order valence-corrected chi connectivity index (χ0v) is 10.3. The Kier molecular flexibility index (Phi) is 3.32. The highest BCUT2D eigenvalue weighted by Gasteiger charge is 2.12. The van der Waals surface area contributed by atoms with Crippen molar-refractivity contribution in [2.24, 2.45) is 7.05 Å². The molecule has 5 heteroatoms. The van der Waals surface area contributed by atoms with Crippen molar-refractivity contribution in [3.63, 3.8) is 0 Å². The van der Waals surface area contributed by atoms with Gasteiger partial charge in [0, 0.05) is 19.3 Å². The Morgan fingerprint density at radius 2 is 2.28 bits per heavy atom. The van der Waals surface area contributed by atoms with Crippen LogP contribution in [0.25, 0.3) is 0 Å². The molecule has 18 heavy (non-hydrogen) atoms. The second-order valence-corrected chi connectivity index (χ2v) is 4.12. The molecule has 1 aromatic carbocycles. The molecule has 0 saturated carbocycles. The van der Waals surface area contributed by atoms with Crippen molar-refractivity contribution >= 4 is 5.91 Å². The summed E-state index contributed by atoms with van der Waals surface area (Å²) in [5.74, 6) is 0.0308. The SMILES string of the molecule is Cc1c(C(=O)NCc2cccc(O)c2)cnn1C. The van der Waals surface area contributed by atoms with Gasteiger partial charge in [-0.3, -0.25) is 9.48 Å². The van der Waals surface area contributed by atoms with E-state index in [0.717, 1.165) is 11.3 Å². The molecule has 2 aromatic rings. The third kappa shape index (κ3) is 2.51. The molecule has 0 bridgehead atoms. The van der Waals surface area contributed by atoms with Crippen LogP contribution < -0.4 is 5.32 Å². The van der Waals surface area contributed by atoms with Crippen molar-refractivity contribution in [2.45, 2.75) is 13.5 Å². The van der Waals surface area contributed by atoms with Crippen LogP contribution >= 0.6 is 0 Å². The fourth-order valence-electron chi connectivity index (χ4n) is 1.67. The van der Waals surface area contributed by atoms with Gasteiger partial charge in [-0.25, -0.2) is 0 Å². The van der Waals surface area contributed by atoms with Crippen LogP contribution in [-0.2, 0) is 13.6 Å². The Morgan fingerprint density at radius 3 is 2.89 bits per heavy atom. The summed E-state index contributed by atoms with van der Waals surface area (Å²) in [6, 6.07) is 6.80. The highest BCUT2D eigenvalue weighted by Crippen LogP contribution is 2.11. The molecule has 5 nitrogen and oxygen atoms in total. The molecule has 1 amide bonds. The molecule has 0 unspecified atom stereocenters. The number of carbonyl (C=O) groups is 1. The fraction of sp³-hybridized carbons (Fsp3) is 0.231. The molecule has 2 N–H and O–H groups in total. The molecule has 0 aliphatic rings. The smallest absolute Gasteiger partial charge is 0.255 e. The Labute approximate surface area is 105 Å². The van der Waals surface area contributed by atoms with E-state index in [9.17, 15) is 9.90 Å². The van der Waals surface area contributed by atoms with E-state index in [2.05, 4.69) is 10.4 Å². The normalized spacial score (nSPS) is 10.3. The van der Waals surface area contributed by atoms with Crippen molar-refractivity contribution in [2.75, 3.05) is 0 Å². The lowest BCUT2D eigenvalue weighted by Crippen LogP contribution is -2.23. The van der Waals surface area contributed by atoms with Crippen molar-refractivity contribution in [3.05, 3.63) is 47.3 Å². The number of carbonyl (C=O) groups excluding carboxylic acids is 1. The second kappa shape index (κ2) is 4.91. The first-order valence-corrected chi connectivity index (χ1v) is 5.62. The Hall–Kier alpha value is -2.30. The molecule has 0 radical (unpaired) electrons. The van der Waals surface area contributed by atoms with Gasteiger partial charge in [0.15, 0.2) is 0 Å². The van der Waals surface area contributed by atoms with Gasteiger partial charge in [-0.1, -0.05) is 12.1 Å². The number of phenols is 1. The largest absolute Gasteiger partial charge is 0.508 e. The lowest BCUT2D eigenvalue weighted by Gasteiger charge is -2.05. The summed E-state index contributed by atoms with van der Waals surface area (Å²) in [7, 11) is 1.79. The number of rotatable bonds is 3. The maximum absolute atomic E-state index is 11.9. The second-order valence-electron chi connectivity index (χ2n) is 4.12. The fourth-order valence-corrected chi connectivity index (χ4v) is 1.67. The number of aromatic hydroxyl groups is 1. The van der Waals surface area contributed by atoms with E-state index >= 15 is 0 Å². The molecule has 0 aliphatic carbocycles. The molecular weight excluding hydrogens is 230 g/mol. The van der Waals surface area contributed by atoms with Crippen LogP contribution in [0.2, 0.25) is 0 Å². The molecule has 0 atom stereocenters. The van der Waals surface area contributed by atoms with Crippen LogP contribution in [0.15, 0.2) is 30.5 Å².